The molecule has 3 aromatic rings. The van der Waals surface area contributed by atoms with Crippen molar-refractivity contribution < 1.29 is 48.9 Å². The van der Waals surface area contributed by atoms with Crippen molar-refractivity contribution in [2.75, 3.05) is 13.6 Å². The highest BCUT2D eigenvalue weighted by Gasteiger charge is 2.37. The maximum absolute atomic E-state index is 14.8. The molecule has 1 fully saturated rings. The lowest BCUT2D eigenvalue weighted by atomic mass is 9.95. The summed E-state index contributed by atoms with van der Waals surface area (Å²) in [5.74, 6) is -4.97. The van der Waals surface area contributed by atoms with E-state index in [1.165, 1.54) is 48.3 Å². The third kappa shape index (κ3) is 15.8. The lowest BCUT2D eigenvalue weighted by Gasteiger charge is -2.34. The van der Waals surface area contributed by atoms with E-state index in [1.54, 1.807) is 19.1 Å². The Morgan fingerprint density at radius 2 is 1.24 bits per heavy atom. The molecule has 1 heterocycles. The quantitative estimate of drug-likeness (QED) is 0.107. The second kappa shape index (κ2) is 25.7. The van der Waals surface area contributed by atoms with Crippen LogP contribution >= 0.6 is 0 Å². The number of rotatable bonds is 15. The zero-order valence-electron chi connectivity index (χ0n) is 38.5. The summed E-state index contributed by atoms with van der Waals surface area (Å²) in [6.45, 7) is 7.49. The van der Waals surface area contributed by atoms with Crippen LogP contribution in [0.2, 0.25) is 0 Å². The number of hydrogen-bond acceptors (Lipinski definition) is 9. The Morgan fingerprint density at radius 1 is 0.697 bits per heavy atom. The number of phenols is 2. The molecule has 7 amide bonds. The first-order valence-electron chi connectivity index (χ1n) is 22.9. The number of amides is 7. The monoisotopic (exact) mass is 913 g/mol. The van der Waals surface area contributed by atoms with Crippen LogP contribution in [-0.2, 0) is 48.0 Å². The van der Waals surface area contributed by atoms with Gasteiger partial charge in [0.25, 0.3) is 0 Å². The van der Waals surface area contributed by atoms with Gasteiger partial charge >= 0.3 is 12.0 Å². The molecule has 4 rings (SSSR count). The number of nitrogens with zero attached hydrogens (tertiary/aromatic N) is 1. The molecule has 0 bridgehead atoms. The molecule has 0 aromatic heterocycles. The third-order valence-electron chi connectivity index (χ3n) is 12.3. The fourth-order valence-electron chi connectivity index (χ4n) is 7.74. The first kappa shape index (κ1) is 52.0. The van der Waals surface area contributed by atoms with Crippen molar-refractivity contribution in [2.45, 2.75) is 128 Å². The zero-order chi connectivity index (χ0) is 48.3. The predicted molar refractivity (Wildman–Crippen MR) is 248 cm³/mol. The average molecular weight is 914 g/mol. The van der Waals surface area contributed by atoms with Crippen molar-refractivity contribution in [3.8, 4) is 11.5 Å². The second-order valence-corrected chi connectivity index (χ2v) is 17.2. The molecule has 0 saturated carbocycles. The van der Waals surface area contributed by atoms with Crippen LogP contribution in [0.3, 0.4) is 0 Å². The van der Waals surface area contributed by atoms with Gasteiger partial charge in [-0.15, -0.1) is 0 Å². The van der Waals surface area contributed by atoms with E-state index in [0.29, 0.717) is 44.1 Å². The van der Waals surface area contributed by atoms with Gasteiger partial charge in [0.2, 0.25) is 29.5 Å². The van der Waals surface area contributed by atoms with Crippen molar-refractivity contribution in [1.82, 2.24) is 36.8 Å². The first-order valence-corrected chi connectivity index (χ1v) is 22.9. The van der Waals surface area contributed by atoms with Crippen molar-refractivity contribution in [2.24, 2.45) is 11.8 Å². The minimum Gasteiger partial charge on any atom is -0.508 e. The zero-order valence-corrected chi connectivity index (χ0v) is 38.5. The van der Waals surface area contributed by atoms with Gasteiger partial charge in [0.05, 0.1) is 0 Å². The van der Waals surface area contributed by atoms with Crippen LogP contribution in [0.1, 0.15) is 89.3 Å². The molecule has 1 saturated heterocycles. The number of nitrogens with one attached hydrogen (secondary N) is 6. The van der Waals surface area contributed by atoms with E-state index >= 15 is 0 Å². The van der Waals surface area contributed by atoms with E-state index in [9.17, 15) is 48.9 Å². The molecule has 1 aliphatic rings. The Bertz CT molecular complexity index is 2090. The summed E-state index contributed by atoms with van der Waals surface area (Å²) in [5.41, 5.74) is 2.23. The SMILES string of the molecule is CC[C@H](C)[C@@H]1NC(=O)[C@H](NC(=O)N[C@@H](Cc2ccc(O)cc2)C(=O)O)CCCCNC(=O)[C@H]([C@@H](C)CC)NC(=O)[C@H](CCc2ccc(O)cc2)N(C)C(=O)[C@H](CCc2ccccc2)NC1=O. The van der Waals surface area contributed by atoms with Crippen LogP contribution in [0.5, 0.6) is 11.5 Å². The van der Waals surface area contributed by atoms with E-state index < -0.39 is 83.7 Å². The number of urea groups is 1. The predicted octanol–water partition coefficient (Wildman–Crippen LogP) is 3.70. The van der Waals surface area contributed by atoms with Gasteiger partial charge in [-0.25, -0.2) is 9.59 Å². The van der Waals surface area contributed by atoms with Gasteiger partial charge in [-0.3, -0.25) is 24.0 Å². The fraction of sp³-hybridized carbons (Fsp3) is 0.490. The lowest BCUT2D eigenvalue weighted by Crippen LogP contribution is -2.61. The van der Waals surface area contributed by atoms with E-state index in [4.69, 9.17) is 0 Å². The number of carbonyl (C=O) groups is 7. The summed E-state index contributed by atoms with van der Waals surface area (Å²) in [7, 11) is 1.49. The number of aliphatic carboxylic acids is 1. The van der Waals surface area contributed by atoms with Gasteiger partial charge in [0.1, 0.15) is 47.8 Å². The van der Waals surface area contributed by atoms with Gasteiger partial charge in [0, 0.05) is 20.0 Å². The highest BCUT2D eigenvalue weighted by Crippen LogP contribution is 2.19. The molecule has 1 aliphatic heterocycles. The summed E-state index contributed by atoms with van der Waals surface area (Å²) in [4.78, 5) is 98.7. The summed E-state index contributed by atoms with van der Waals surface area (Å²) in [6.07, 6.45) is 2.53. The molecular weight excluding hydrogens is 847 g/mol. The number of likely N-dealkylation sites (N-methyl/N-ethyl adjacent to an activating group) is 1. The first-order chi connectivity index (χ1) is 31.5. The summed E-state index contributed by atoms with van der Waals surface area (Å²) in [5, 5.41) is 46.0. The van der Waals surface area contributed by atoms with Crippen molar-refractivity contribution in [3.63, 3.8) is 0 Å². The van der Waals surface area contributed by atoms with E-state index in [1.807, 2.05) is 51.1 Å². The smallest absolute Gasteiger partial charge is 0.326 e. The maximum atomic E-state index is 14.8. The number of hydrogen-bond donors (Lipinski definition) is 9. The summed E-state index contributed by atoms with van der Waals surface area (Å²) >= 11 is 0. The molecule has 0 radical (unpaired) electrons. The molecule has 9 N–H and O–H groups in total. The topological polar surface area (TPSA) is 256 Å². The van der Waals surface area contributed by atoms with Crippen LogP contribution in [0, 0.1) is 11.8 Å². The van der Waals surface area contributed by atoms with Crippen LogP contribution in [0.4, 0.5) is 4.79 Å². The van der Waals surface area contributed by atoms with Crippen LogP contribution in [0.25, 0.3) is 0 Å². The van der Waals surface area contributed by atoms with Crippen LogP contribution in [0.15, 0.2) is 78.9 Å². The van der Waals surface area contributed by atoms with E-state index in [2.05, 4.69) is 31.9 Å². The fourth-order valence-corrected chi connectivity index (χ4v) is 7.74. The van der Waals surface area contributed by atoms with Crippen molar-refractivity contribution in [3.05, 3.63) is 95.6 Å². The van der Waals surface area contributed by atoms with Gasteiger partial charge in [-0.2, -0.15) is 0 Å². The number of carboxylic acids is 1. The minimum atomic E-state index is -1.40. The van der Waals surface area contributed by atoms with Crippen molar-refractivity contribution in [1.29, 1.82) is 0 Å². The van der Waals surface area contributed by atoms with Crippen molar-refractivity contribution >= 4 is 41.5 Å². The van der Waals surface area contributed by atoms with E-state index in [-0.39, 0.29) is 49.6 Å². The molecule has 3 aromatic carbocycles. The lowest BCUT2D eigenvalue weighted by molar-refractivity contribution is -0.143. The highest BCUT2D eigenvalue weighted by molar-refractivity contribution is 5.96. The molecule has 66 heavy (non-hydrogen) atoms. The number of aryl methyl sites for hydroxylation is 2. The summed E-state index contributed by atoms with van der Waals surface area (Å²) < 4.78 is 0. The molecule has 0 spiro atoms. The maximum Gasteiger partial charge on any atom is 0.326 e. The third-order valence-corrected chi connectivity index (χ3v) is 12.3. The van der Waals surface area contributed by atoms with Gasteiger partial charge < -0.3 is 52.1 Å². The molecule has 17 nitrogen and oxygen atoms in total. The van der Waals surface area contributed by atoms with Gasteiger partial charge in [0.15, 0.2) is 0 Å². The Morgan fingerprint density at radius 3 is 1.83 bits per heavy atom. The number of phenolic OH excluding ortho intramolecular Hbond substituents is 2. The molecular formula is C49H67N7O10. The van der Waals surface area contributed by atoms with Crippen LogP contribution in [-0.4, -0.2) is 112 Å². The Balaban J connectivity index is 1.70. The molecule has 0 unspecified atom stereocenters. The molecule has 17 heteroatoms. The largest absolute Gasteiger partial charge is 0.508 e. The molecule has 0 aliphatic carbocycles. The van der Waals surface area contributed by atoms with Gasteiger partial charge in [-0.05, 0) is 97.7 Å². The number of benzene rings is 3. The van der Waals surface area contributed by atoms with Gasteiger partial charge in [-0.1, -0.05) is 95.1 Å². The molecule has 358 valence electrons. The average Bonchev–Trinajstić information content (AvgIpc) is 3.30. The standard InChI is InChI=1S/C49H67N7O10/c1-6-30(3)41-45(61)50-28-12-11-15-37(52-49(66)53-39(48(64)65)29-34-18-24-36(58)25-19-34)43(59)54-42(31(4)7-2)46(62)51-38(26-20-32-13-9-8-10-14-32)47(63)56(5)40(44(60)55-41)27-21-33-16-22-35(57)23-17-33/h8-10,13-14,16-19,22-25,30-31,37-42,57-58H,6-7,11-12,15,20-21,26-29H2,1-5H3,(H,50,61)(H,51,62)(H,54,59)(H,55,60)(H,64,65)(H2,52,53,66)/t30-,31-,37+,38-,39-,40-,41-,42-/m0/s1. The number of carboxylic acid groups (broad SMARTS) is 1. The summed E-state index contributed by atoms with van der Waals surface area (Å²) in [6, 6.07) is 13.7. The van der Waals surface area contributed by atoms with Crippen LogP contribution < -0.4 is 31.9 Å². The minimum absolute atomic E-state index is 0.0107. The second-order valence-electron chi connectivity index (χ2n) is 17.2. The Hall–Kier alpha value is -6.65. The number of aromatic hydroxyl groups is 2. The normalized spacial score (nSPS) is 21.9. The Kier molecular flexibility index (Phi) is 20.3. The molecule has 8 atom stereocenters. The number of carbonyl (C=O) groups excluding carboxylic acids is 6. The van der Waals surface area contributed by atoms with E-state index in [0.717, 1.165) is 11.1 Å². The Labute approximate surface area is 386 Å². The highest BCUT2D eigenvalue weighted by atomic mass is 16.4.